The summed E-state index contributed by atoms with van der Waals surface area (Å²) in [4.78, 5) is -1.29. The number of hydrogen-bond acceptors (Lipinski definition) is 3. The number of hydrogen-bond donors (Lipinski definition) is 0. The number of fused-ring (bicyclic) bond motifs is 2. The normalized spacial score (nSPS) is 42.4. The molecular weight excluding hydrogens is 445 g/mol. The molecule has 2 bridgehead atoms. The number of halogens is 6. The van der Waals surface area contributed by atoms with Crippen molar-refractivity contribution in [1.82, 2.24) is 0 Å². The Morgan fingerprint density at radius 1 is 0.826 bits per heavy atom. The van der Waals surface area contributed by atoms with Gasteiger partial charge < -0.3 is 13.3 Å². The molecule has 2 aliphatic rings. The molecule has 0 aromatic carbocycles. The van der Waals surface area contributed by atoms with Crippen molar-refractivity contribution in [3.63, 3.8) is 0 Å². The van der Waals surface area contributed by atoms with E-state index in [2.05, 4.69) is 0 Å². The van der Waals surface area contributed by atoms with E-state index in [9.17, 15) is 0 Å². The second kappa shape index (κ2) is 7.45. The Balaban J connectivity index is 2.53. The summed E-state index contributed by atoms with van der Waals surface area (Å²) in [5.41, 5.74) is -0.436. The van der Waals surface area contributed by atoms with E-state index in [1.165, 1.54) is 0 Å². The highest BCUT2D eigenvalue weighted by molar-refractivity contribution is 6.68. The Hall–Kier alpha value is 1.84. The van der Waals surface area contributed by atoms with Crippen LogP contribution in [0.3, 0.4) is 0 Å². The summed E-state index contributed by atoms with van der Waals surface area (Å²) in [6.07, 6.45) is 0. The number of rotatable bonds is 7. The first-order valence-electron chi connectivity index (χ1n) is 7.56. The van der Waals surface area contributed by atoms with Gasteiger partial charge in [0, 0.05) is 25.7 Å². The van der Waals surface area contributed by atoms with Gasteiger partial charge in [0.1, 0.15) is 9.21 Å². The molecule has 6 unspecified atom stereocenters. The van der Waals surface area contributed by atoms with E-state index in [-0.39, 0.29) is 0 Å². The number of alkyl halides is 6. The maximum Gasteiger partial charge on any atom is 0.506 e. The molecule has 0 amide bonds. The van der Waals surface area contributed by atoms with Gasteiger partial charge in [0.05, 0.1) is 21.7 Å². The molecule has 2 fully saturated rings. The summed E-state index contributed by atoms with van der Waals surface area (Å²) in [5, 5.41) is -1.91. The molecule has 0 radical (unpaired) electrons. The minimum atomic E-state index is -3.21. The van der Waals surface area contributed by atoms with E-state index >= 15 is 0 Å². The lowest BCUT2D eigenvalue weighted by atomic mass is 9.98. The second-order valence-electron chi connectivity index (χ2n) is 5.59. The van der Waals surface area contributed by atoms with Crippen molar-refractivity contribution in [2.75, 3.05) is 19.8 Å². The van der Waals surface area contributed by atoms with E-state index < -0.39 is 45.6 Å². The molecule has 0 heterocycles. The zero-order valence-corrected chi connectivity index (χ0v) is 18.5. The first-order valence-corrected chi connectivity index (χ1v) is 11.8. The van der Waals surface area contributed by atoms with Gasteiger partial charge in [-0.1, -0.05) is 23.2 Å². The van der Waals surface area contributed by atoms with Crippen molar-refractivity contribution < 1.29 is 13.3 Å². The molecule has 10 heteroatoms. The standard InChI is InChI=1S/C13H20Cl6O3Si/c1-4-20-23(21-5-2,22-6-3)9-7-8(14)10(15)12(17,11(9)16)13(7,18)19/h7-11H,4-6H2,1-3H3. The molecule has 0 aromatic heterocycles. The largest absolute Gasteiger partial charge is 0.506 e. The molecule has 0 aromatic rings. The van der Waals surface area contributed by atoms with Crippen LogP contribution >= 0.6 is 69.6 Å². The topological polar surface area (TPSA) is 27.7 Å². The van der Waals surface area contributed by atoms with Crippen LogP contribution in [-0.2, 0) is 13.3 Å². The third-order valence-electron chi connectivity index (χ3n) is 4.50. The van der Waals surface area contributed by atoms with Crippen LogP contribution in [0, 0.1) is 5.92 Å². The molecule has 0 aliphatic heterocycles. The Labute approximate surface area is 168 Å². The zero-order valence-electron chi connectivity index (χ0n) is 13.0. The zero-order chi connectivity index (χ0) is 17.6. The summed E-state index contributed by atoms with van der Waals surface area (Å²) < 4.78 is 16.5. The second-order valence-corrected chi connectivity index (χ2v) is 11.8. The molecule has 0 spiro atoms. The van der Waals surface area contributed by atoms with Crippen molar-refractivity contribution in [3.8, 4) is 0 Å². The maximum absolute atomic E-state index is 6.73. The van der Waals surface area contributed by atoms with Gasteiger partial charge in [-0.25, -0.2) is 0 Å². The van der Waals surface area contributed by atoms with Gasteiger partial charge in [0.2, 0.25) is 0 Å². The van der Waals surface area contributed by atoms with Gasteiger partial charge >= 0.3 is 8.80 Å². The van der Waals surface area contributed by atoms with Crippen molar-refractivity contribution in [2.45, 2.75) is 51.7 Å². The molecular formula is C13H20Cl6O3Si. The van der Waals surface area contributed by atoms with Crippen LogP contribution in [0.25, 0.3) is 0 Å². The van der Waals surface area contributed by atoms with Gasteiger partial charge in [0.15, 0.2) is 0 Å². The lowest BCUT2D eigenvalue weighted by Gasteiger charge is -2.43. The van der Waals surface area contributed by atoms with E-state index in [4.69, 9.17) is 82.9 Å². The average Bonchev–Trinajstić information content (AvgIpc) is 2.71. The highest BCUT2D eigenvalue weighted by Crippen LogP contribution is 2.73. The summed E-state index contributed by atoms with van der Waals surface area (Å²) in [7, 11) is -3.21. The van der Waals surface area contributed by atoms with Gasteiger partial charge in [-0.2, -0.15) is 0 Å². The van der Waals surface area contributed by atoms with Crippen molar-refractivity contribution in [3.05, 3.63) is 0 Å². The van der Waals surface area contributed by atoms with Crippen molar-refractivity contribution in [1.29, 1.82) is 0 Å². The van der Waals surface area contributed by atoms with Crippen LogP contribution < -0.4 is 0 Å². The van der Waals surface area contributed by atoms with Crippen LogP contribution in [0.2, 0.25) is 5.54 Å². The first-order chi connectivity index (χ1) is 10.7. The van der Waals surface area contributed by atoms with Gasteiger partial charge in [-0.15, -0.1) is 46.4 Å². The molecule has 2 saturated carbocycles. The SMILES string of the molecule is CCO[Si](OCC)(OCC)C1C2C(Cl)C(Cl)C(Cl)(C1Cl)C2(Cl)Cl. The minimum Gasteiger partial charge on any atom is -0.374 e. The Morgan fingerprint density at radius 2 is 1.26 bits per heavy atom. The summed E-state index contributed by atoms with van der Waals surface area (Å²) in [6.45, 7) is 6.81. The molecule has 23 heavy (non-hydrogen) atoms. The van der Waals surface area contributed by atoms with Crippen LogP contribution in [0.1, 0.15) is 20.8 Å². The van der Waals surface area contributed by atoms with Crippen LogP contribution in [-0.4, -0.2) is 54.0 Å². The predicted molar refractivity (Wildman–Crippen MR) is 99.8 cm³/mol. The minimum absolute atomic E-state index is 0.406. The molecule has 2 aliphatic carbocycles. The van der Waals surface area contributed by atoms with Gasteiger partial charge in [0.25, 0.3) is 0 Å². The fourth-order valence-corrected chi connectivity index (χ4v) is 11.5. The Morgan fingerprint density at radius 3 is 1.61 bits per heavy atom. The fraction of sp³-hybridized carbons (Fsp3) is 1.00. The fourth-order valence-electron chi connectivity index (χ4n) is 3.67. The van der Waals surface area contributed by atoms with E-state index in [1.807, 2.05) is 20.8 Å². The summed E-state index contributed by atoms with van der Waals surface area (Å²) >= 11 is 39.5. The van der Waals surface area contributed by atoms with Crippen LogP contribution in [0.15, 0.2) is 0 Å². The average molecular weight is 465 g/mol. The third kappa shape index (κ3) is 2.88. The molecule has 2 rings (SSSR count). The molecule has 136 valence electrons. The molecule has 0 N–H and O–H groups in total. The van der Waals surface area contributed by atoms with E-state index in [0.29, 0.717) is 19.8 Å². The maximum atomic E-state index is 6.73. The Bertz CT molecular complexity index is 425. The smallest absolute Gasteiger partial charge is 0.374 e. The Kier molecular flexibility index (Phi) is 6.85. The summed E-state index contributed by atoms with van der Waals surface area (Å²) in [6, 6.07) is 0. The van der Waals surface area contributed by atoms with Crippen molar-refractivity contribution >= 4 is 78.4 Å². The highest BCUT2D eigenvalue weighted by Gasteiger charge is 2.83. The molecule has 6 atom stereocenters. The highest BCUT2D eigenvalue weighted by atomic mass is 35.5. The first kappa shape index (κ1) is 21.1. The van der Waals surface area contributed by atoms with Crippen LogP contribution in [0.5, 0.6) is 0 Å². The lowest BCUT2D eigenvalue weighted by molar-refractivity contribution is 0.0549. The quantitative estimate of drug-likeness (QED) is 0.391. The van der Waals surface area contributed by atoms with E-state index in [0.717, 1.165) is 0 Å². The van der Waals surface area contributed by atoms with Gasteiger partial charge in [-0.05, 0) is 20.8 Å². The summed E-state index contributed by atoms with van der Waals surface area (Å²) in [5.74, 6) is -0.494. The molecule has 3 nitrogen and oxygen atoms in total. The van der Waals surface area contributed by atoms with Crippen molar-refractivity contribution in [2.24, 2.45) is 5.92 Å². The third-order valence-corrected chi connectivity index (χ3v) is 12.5. The lowest BCUT2D eigenvalue weighted by Crippen LogP contribution is -2.59. The van der Waals surface area contributed by atoms with Gasteiger partial charge in [-0.3, -0.25) is 0 Å². The molecule has 0 saturated heterocycles. The van der Waals surface area contributed by atoms with E-state index in [1.54, 1.807) is 0 Å². The monoisotopic (exact) mass is 462 g/mol. The van der Waals surface area contributed by atoms with Crippen LogP contribution in [0.4, 0.5) is 0 Å². The predicted octanol–water partition coefficient (Wildman–Crippen LogP) is 5.02.